The van der Waals surface area contributed by atoms with E-state index in [1.807, 2.05) is 0 Å². The molecule has 5 N–H and O–H groups in total. The zero-order chi connectivity index (χ0) is 12.1. The molecule has 5 nitrogen and oxygen atoms in total. The van der Waals surface area contributed by atoms with Crippen molar-refractivity contribution in [3.63, 3.8) is 0 Å². The van der Waals surface area contributed by atoms with E-state index in [1.54, 1.807) is 0 Å². The van der Waals surface area contributed by atoms with Crippen molar-refractivity contribution in [3.05, 3.63) is 0 Å². The third-order valence-electron chi connectivity index (χ3n) is 2.10. The van der Waals surface area contributed by atoms with Gasteiger partial charge in [-0.3, -0.25) is 0 Å². The van der Waals surface area contributed by atoms with Crippen molar-refractivity contribution in [2.24, 2.45) is 16.5 Å². The molecular weight excluding hydrogens is 221 g/mol. The highest BCUT2D eigenvalue weighted by Crippen LogP contribution is 2.21. The number of thiol groups is 1. The summed E-state index contributed by atoms with van der Waals surface area (Å²) in [6, 6.07) is -0.771. The first-order valence-electron chi connectivity index (χ1n) is 4.40. The third kappa shape index (κ3) is 3.35. The van der Waals surface area contributed by atoms with Crippen molar-refractivity contribution in [1.82, 2.24) is 0 Å². The number of aliphatic imine (C=N–C) groups is 1. The number of nitrogens with two attached hydrogens (primary N) is 2. The Hall–Kier alpha value is -0.820. The molecule has 0 aromatic carbocycles. The van der Waals surface area contributed by atoms with Gasteiger partial charge in [-0.25, -0.2) is 14.2 Å². The molecule has 1 unspecified atom stereocenters. The Labute approximate surface area is 93.1 Å². The van der Waals surface area contributed by atoms with Crippen LogP contribution in [0, 0.1) is 0 Å². The topological polar surface area (TPSA) is 102 Å². The number of nitrogens with zero attached hydrogens (tertiary/aromatic N) is 1. The maximum Gasteiger partial charge on any atom is 0.333 e. The Bertz CT molecular complexity index is 260. The Morgan fingerprint density at radius 1 is 1.73 bits per heavy atom. The van der Waals surface area contributed by atoms with Crippen LogP contribution in [0.15, 0.2) is 4.99 Å². The lowest BCUT2D eigenvalue weighted by Crippen LogP contribution is -2.52. The van der Waals surface area contributed by atoms with Gasteiger partial charge in [0.2, 0.25) is 0 Å². The number of carboxylic acid groups (broad SMARTS) is 1. The monoisotopic (exact) mass is 237 g/mol. The van der Waals surface area contributed by atoms with Crippen LogP contribution in [0.1, 0.15) is 13.3 Å². The molecule has 0 rings (SSSR count). The molecule has 0 aliphatic heterocycles. The van der Waals surface area contributed by atoms with Gasteiger partial charge in [-0.05, 0) is 19.1 Å². The van der Waals surface area contributed by atoms with Gasteiger partial charge in [0, 0.05) is 6.04 Å². The van der Waals surface area contributed by atoms with Crippen molar-refractivity contribution < 1.29 is 14.3 Å². The van der Waals surface area contributed by atoms with Crippen LogP contribution in [-0.2, 0) is 4.79 Å². The summed E-state index contributed by atoms with van der Waals surface area (Å²) in [6.45, 7) is 0.501. The van der Waals surface area contributed by atoms with Gasteiger partial charge in [0.15, 0.2) is 5.54 Å². The highest BCUT2D eigenvalue weighted by atomic mass is 32.1. The zero-order valence-electron chi connectivity index (χ0n) is 8.48. The summed E-state index contributed by atoms with van der Waals surface area (Å²) in [4.78, 5) is 14.8. The molecule has 0 bridgehead atoms. The van der Waals surface area contributed by atoms with E-state index in [9.17, 15) is 9.18 Å². The summed E-state index contributed by atoms with van der Waals surface area (Å²) < 4.78 is 12.2. The van der Waals surface area contributed by atoms with Crippen LogP contribution in [0.2, 0.25) is 0 Å². The molecule has 0 saturated carbocycles. The van der Waals surface area contributed by atoms with E-state index < -0.39 is 24.2 Å². The number of carboxylic acids is 1. The van der Waals surface area contributed by atoms with E-state index >= 15 is 0 Å². The third-order valence-corrected chi connectivity index (χ3v) is 2.32. The first-order valence-corrected chi connectivity index (χ1v) is 5.04. The maximum absolute atomic E-state index is 12.2. The van der Waals surface area contributed by atoms with Gasteiger partial charge < -0.3 is 16.6 Å². The molecule has 0 aliphatic rings. The fourth-order valence-corrected chi connectivity index (χ4v) is 1.53. The average Bonchev–Trinajstić information content (AvgIpc) is 2.15. The smallest absolute Gasteiger partial charge is 0.333 e. The molecular formula is C8H16FN3O2S. The zero-order valence-corrected chi connectivity index (χ0v) is 9.38. The molecule has 0 aliphatic carbocycles. The summed E-state index contributed by atoms with van der Waals surface area (Å²) in [5.74, 6) is -1.31. The van der Waals surface area contributed by atoms with Crippen molar-refractivity contribution in [3.8, 4) is 0 Å². The number of halogens is 1. The fourth-order valence-electron chi connectivity index (χ4n) is 1.19. The molecule has 0 radical (unpaired) electrons. The predicted octanol–water partition coefficient (Wildman–Crippen LogP) is -0.196. The Morgan fingerprint density at radius 3 is 2.53 bits per heavy atom. The minimum atomic E-state index is -1.59. The van der Waals surface area contributed by atoms with Gasteiger partial charge in [0.25, 0.3) is 0 Å². The van der Waals surface area contributed by atoms with Crippen molar-refractivity contribution in [1.29, 1.82) is 0 Å². The lowest BCUT2D eigenvalue weighted by Gasteiger charge is -2.28. The highest BCUT2D eigenvalue weighted by molar-refractivity contribution is 7.80. The summed E-state index contributed by atoms with van der Waals surface area (Å²) in [5.41, 5.74) is 9.17. The first kappa shape index (κ1) is 14.2. The summed E-state index contributed by atoms with van der Waals surface area (Å²) >= 11 is 3.93. The van der Waals surface area contributed by atoms with Gasteiger partial charge in [-0.1, -0.05) is 0 Å². The average molecular weight is 237 g/mol. The van der Waals surface area contributed by atoms with E-state index in [2.05, 4.69) is 17.6 Å². The second-order valence-electron chi connectivity index (χ2n) is 3.23. The SMILES string of the molecule is CC(N)[C@](CCS)(N=C(N)CF)C(=O)O. The second kappa shape index (κ2) is 5.92. The molecule has 2 atom stereocenters. The lowest BCUT2D eigenvalue weighted by atomic mass is 9.89. The number of hydrogen-bond acceptors (Lipinski definition) is 4. The van der Waals surface area contributed by atoms with Gasteiger partial charge in [0.05, 0.1) is 0 Å². The van der Waals surface area contributed by atoms with Crippen LogP contribution in [0.3, 0.4) is 0 Å². The number of carbonyl (C=O) groups is 1. The summed E-state index contributed by atoms with van der Waals surface area (Å²) in [7, 11) is 0. The molecule has 0 amide bonds. The minimum Gasteiger partial charge on any atom is -0.479 e. The minimum absolute atomic E-state index is 0.101. The molecule has 0 aromatic rings. The van der Waals surface area contributed by atoms with Crippen molar-refractivity contribution >= 4 is 24.4 Å². The molecule has 0 spiro atoms. The lowest BCUT2D eigenvalue weighted by molar-refractivity contribution is -0.143. The van der Waals surface area contributed by atoms with Crippen molar-refractivity contribution in [2.45, 2.75) is 24.9 Å². The molecule has 7 heteroatoms. The van der Waals surface area contributed by atoms with Crippen LogP contribution in [0.4, 0.5) is 4.39 Å². The van der Waals surface area contributed by atoms with Crippen LogP contribution in [0.25, 0.3) is 0 Å². The van der Waals surface area contributed by atoms with Crippen LogP contribution in [-0.4, -0.2) is 40.9 Å². The van der Waals surface area contributed by atoms with E-state index in [0.29, 0.717) is 0 Å². The summed E-state index contributed by atoms with van der Waals surface area (Å²) in [6.07, 6.45) is 0.101. The molecule has 0 aromatic heterocycles. The number of alkyl halides is 1. The Balaban J connectivity index is 5.22. The first-order chi connectivity index (χ1) is 6.90. The molecule has 15 heavy (non-hydrogen) atoms. The molecule has 0 fully saturated rings. The van der Waals surface area contributed by atoms with Gasteiger partial charge in [-0.2, -0.15) is 12.6 Å². The highest BCUT2D eigenvalue weighted by Gasteiger charge is 2.41. The Kier molecular flexibility index (Phi) is 5.59. The van der Waals surface area contributed by atoms with Crippen molar-refractivity contribution in [2.75, 3.05) is 12.4 Å². The standard InChI is InChI=1S/C8H16FN3O2S/c1-5(10)8(2-3-15,7(13)14)12-6(11)4-9/h5,15H,2-4,10H2,1H3,(H2,11,12)(H,13,14)/t5?,8-/m0/s1. The van der Waals surface area contributed by atoms with E-state index in [4.69, 9.17) is 16.6 Å². The van der Waals surface area contributed by atoms with Crippen LogP contribution >= 0.6 is 12.6 Å². The largest absolute Gasteiger partial charge is 0.479 e. The van der Waals surface area contributed by atoms with E-state index in [0.717, 1.165) is 0 Å². The van der Waals surface area contributed by atoms with Gasteiger partial charge in [0.1, 0.15) is 12.5 Å². The Morgan fingerprint density at radius 2 is 2.27 bits per heavy atom. The number of amidine groups is 1. The quantitative estimate of drug-likeness (QED) is 0.292. The normalized spacial score (nSPS) is 18.3. The predicted molar refractivity (Wildman–Crippen MR) is 60.1 cm³/mol. The second-order valence-corrected chi connectivity index (χ2v) is 3.68. The number of hydrogen-bond donors (Lipinski definition) is 4. The summed E-state index contributed by atoms with van der Waals surface area (Å²) in [5, 5.41) is 9.07. The molecule has 88 valence electrons. The number of aliphatic carboxylic acids is 1. The van der Waals surface area contributed by atoms with Gasteiger partial charge >= 0.3 is 5.97 Å². The van der Waals surface area contributed by atoms with E-state index in [-0.39, 0.29) is 18.0 Å². The fraction of sp³-hybridized carbons (Fsp3) is 0.750. The number of rotatable bonds is 6. The van der Waals surface area contributed by atoms with Crippen LogP contribution < -0.4 is 11.5 Å². The van der Waals surface area contributed by atoms with E-state index in [1.165, 1.54) is 6.92 Å². The molecule has 0 heterocycles. The molecule has 0 saturated heterocycles. The van der Waals surface area contributed by atoms with Gasteiger partial charge in [-0.15, -0.1) is 0 Å². The maximum atomic E-state index is 12.2. The van der Waals surface area contributed by atoms with Crippen LogP contribution in [0.5, 0.6) is 0 Å².